The zero-order valence-corrected chi connectivity index (χ0v) is 20.1. The van der Waals surface area contributed by atoms with Crippen LogP contribution >= 0.6 is 0 Å². The molecule has 2 amide bonds. The molecule has 0 aromatic heterocycles. The first-order chi connectivity index (χ1) is 15.8. The van der Waals surface area contributed by atoms with E-state index < -0.39 is 0 Å². The lowest BCUT2D eigenvalue weighted by molar-refractivity contribution is -0.130. The summed E-state index contributed by atoms with van der Waals surface area (Å²) in [6, 6.07) is 16.0. The Hall–Kier alpha value is -3.12. The topological polar surface area (TPSA) is 61.9 Å². The van der Waals surface area contributed by atoms with Crippen LogP contribution in [0, 0.1) is 0 Å². The van der Waals surface area contributed by atoms with Gasteiger partial charge in [-0.05, 0) is 53.8 Å². The number of morpholine rings is 1. The molecular formula is C27H35N3O3. The number of carbonyl (C=O) groups excluding carboxylic acids is 2. The average Bonchev–Trinajstić information content (AvgIpc) is 2.81. The first-order valence-electron chi connectivity index (χ1n) is 11.6. The number of nitrogens with zero attached hydrogens (tertiary/aromatic N) is 2. The summed E-state index contributed by atoms with van der Waals surface area (Å²) in [5, 5.41) is 2.89. The van der Waals surface area contributed by atoms with E-state index in [9.17, 15) is 9.59 Å². The third-order valence-electron chi connectivity index (χ3n) is 5.75. The minimum absolute atomic E-state index is 0.00779. The van der Waals surface area contributed by atoms with Crippen LogP contribution in [0.15, 0.2) is 54.6 Å². The molecular weight excluding hydrogens is 414 g/mol. The van der Waals surface area contributed by atoms with E-state index in [1.54, 1.807) is 6.08 Å². The predicted octanol–water partition coefficient (Wildman–Crippen LogP) is 4.32. The van der Waals surface area contributed by atoms with Crippen molar-refractivity contribution in [3.05, 3.63) is 65.7 Å². The molecule has 2 aromatic carbocycles. The molecule has 1 heterocycles. The molecule has 1 aliphatic heterocycles. The average molecular weight is 450 g/mol. The maximum atomic E-state index is 12.6. The number of benzene rings is 2. The van der Waals surface area contributed by atoms with Gasteiger partial charge < -0.3 is 19.9 Å². The van der Waals surface area contributed by atoms with Crippen LogP contribution in [-0.4, -0.2) is 56.1 Å². The van der Waals surface area contributed by atoms with E-state index in [0.29, 0.717) is 6.54 Å². The first kappa shape index (κ1) is 24.5. The Morgan fingerprint density at radius 2 is 1.67 bits per heavy atom. The van der Waals surface area contributed by atoms with E-state index in [1.807, 2.05) is 43.3 Å². The lowest BCUT2D eigenvalue weighted by Gasteiger charge is -2.29. The molecule has 0 aliphatic carbocycles. The molecule has 0 bridgehead atoms. The lowest BCUT2D eigenvalue weighted by atomic mass is 9.87. The summed E-state index contributed by atoms with van der Waals surface area (Å²) in [5.41, 5.74) is 4.12. The Balaban J connectivity index is 1.53. The van der Waals surface area contributed by atoms with Crippen LogP contribution in [0.2, 0.25) is 0 Å². The second-order valence-electron chi connectivity index (χ2n) is 9.25. The van der Waals surface area contributed by atoms with Gasteiger partial charge in [-0.2, -0.15) is 0 Å². The summed E-state index contributed by atoms with van der Waals surface area (Å²) in [7, 11) is 0. The Morgan fingerprint density at radius 3 is 2.24 bits per heavy atom. The molecule has 0 unspecified atom stereocenters. The van der Waals surface area contributed by atoms with Gasteiger partial charge in [0.2, 0.25) is 11.8 Å². The van der Waals surface area contributed by atoms with Crippen LogP contribution in [0.3, 0.4) is 0 Å². The number of rotatable bonds is 7. The molecule has 33 heavy (non-hydrogen) atoms. The van der Waals surface area contributed by atoms with Crippen molar-refractivity contribution < 1.29 is 14.3 Å². The van der Waals surface area contributed by atoms with Crippen LogP contribution in [0.25, 0.3) is 6.08 Å². The summed E-state index contributed by atoms with van der Waals surface area (Å²) in [6.07, 6.45) is 3.32. The third kappa shape index (κ3) is 7.19. The van der Waals surface area contributed by atoms with Crippen LogP contribution in [-0.2, 0) is 19.7 Å². The number of hydrogen-bond acceptors (Lipinski definition) is 4. The van der Waals surface area contributed by atoms with Gasteiger partial charge in [0.05, 0.1) is 13.2 Å². The number of likely N-dealkylation sites (N-methyl/N-ethyl adjacent to an activating group) is 1. The Morgan fingerprint density at radius 1 is 1.03 bits per heavy atom. The van der Waals surface area contributed by atoms with Gasteiger partial charge in [-0.1, -0.05) is 45.0 Å². The molecule has 176 valence electrons. The molecule has 0 atom stereocenters. The van der Waals surface area contributed by atoms with Crippen molar-refractivity contribution >= 4 is 29.3 Å². The van der Waals surface area contributed by atoms with Gasteiger partial charge in [-0.3, -0.25) is 9.59 Å². The molecule has 1 saturated heterocycles. The standard InChI is InChI=1S/C27H35N3O3/c1-5-29(26(32)15-8-21-6-9-22(10-7-21)27(2,3)4)20-25(31)28-23-11-13-24(14-12-23)30-16-18-33-19-17-30/h6-15H,5,16-20H2,1-4H3,(H,28,31)/b15-8+. The predicted molar refractivity (Wildman–Crippen MR) is 135 cm³/mol. The van der Waals surface area contributed by atoms with Crippen molar-refractivity contribution in [3.8, 4) is 0 Å². The van der Waals surface area contributed by atoms with Crippen molar-refractivity contribution in [1.29, 1.82) is 0 Å². The van der Waals surface area contributed by atoms with Crippen LogP contribution in [0.1, 0.15) is 38.8 Å². The zero-order valence-electron chi connectivity index (χ0n) is 20.1. The van der Waals surface area contributed by atoms with Gasteiger partial charge in [0, 0.05) is 37.1 Å². The molecule has 6 heteroatoms. The summed E-state index contributed by atoms with van der Waals surface area (Å²) < 4.78 is 5.39. The van der Waals surface area contributed by atoms with Crippen molar-refractivity contribution in [2.45, 2.75) is 33.1 Å². The van der Waals surface area contributed by atoms with Crippen molar-refractivity contribution in [2.75, 3.05) is 49.6 Å². The van der Waals surface area contributed by atoms with E-state index in [4.69, 9.17) is 4.74 Å². The number of anilines is 2. The molecule has 3 rings (SSSR count). The van der Waals surface area contributed by atoms with E-state index in [2.05, 4.69) is 43.1 Å². The molecule has 0 saturated carbocycles. The van der Waals surface area contributed by atoms with E-state index in [-0.39, 0.29) is 23.8 Å². The molecule has 1 fully saturated rings. The van der Waals surface area contributed by atoms with Crippen molar-refractivity contribution in [3.63, 3.8) is 0 Å². The zero-order chi connectivity index (χ0) is 23.8. The molecule has 0 spiro atoms. The van der Waals surface area contributed by atoms with Gasteiger partial charge >= 0.3 is 0 Å². The number of ether oxygens (including phenoxy) is 1. The van der Waals surface area contributed by atoms with Gasteiger partial charge in [0.25, 0.3) is 0 Å². The minimum atomic E-state index is -0.216. The summed E-state index contributed by atoms with van der Waals surface area (Å²) in [4.78, 5) is 28.9. The second kappa shape index (κ2) is 11.1. The van der Waals surface area contributed by atoms with E-state index in [1.165, 1.54) is 16.5 Å². The van der Waals surface area contributed by atoms with Crippen LogP contribution in [0.4, 0.5) is 11.4 Å². The molecule has 1 aliphatic rings. The quantitative estimate of drug-likeness (QED) is 0.640. The Labute approximate surface area is 197 Å². The largest absolute Gasteiger partial charge is 0.378 e. The number of carbonyl (C=O) groups is 2. The van der Waals surface area contributed by atoms with Crippen molar-refractivity contribution in [2.24, 2.45) is 0 Å². The molecule has 6 nitrogen and oxygen atoms in total. The van der Waals surface area contributed by atoms with Crippen LogP contribution in [0.5, 0.6) is 0 Å². The summed E-state index contributed by atoms with van der Waals surface area (Å²) in [6.45, 7) is 12.0. The molecule has 0 radical (unpaired) electrons. The summed E-state index contributed by atoms with van der Waals surface area (Å²) >= 11 is 0. The second-order valence-corrected chi connectivity index (χ2v) is 9.25. The van der Waals surface area contributed by atoms with Gasteiger partial charge in [-0.25, -0.2) is 0 Å². The first-order valence-corrected chi connectivity index (χ1v) is 11.6. The third-order valence-corrected chi connectivity index (χ3v) is 5.75. The highest BCUT2D eigenvalue weighted by Gasteiger charge is 2.15. The fourth-order valence-electron chi connectivity index (χ4n) is 3.66. The van der Waals surface area contributed by atoms with E-state index in [0.717, 1.165) is 43.2 Å². The highest BCUT2D eigenvalue weighted by molar-refractivity contribution is 5.98. The van der Waals surface area contributed by atoms with Gasteiger partial charge in [-0.15, -0.1) is 0 Å². The number of amides is 2. The van der Waals surface area contributed by atoms with Gasteiger partial charge in [0.15, 0.2) is 0 Å². The van der Waals surface area contributed by atoms with Gasteiger partial charge in [0.1, 0.15) is 6.54 Å². The monoisotopic (exact) mass is 449 g/mol. The fourth-order valence-corrected chi connectivity index (χ4v) is 3.66. The summed E-state index contributed by atoms with van der Waals surface area (Å²) in [5.74, 6) is -0.400. The number of nitrogens with one attached hydrogen (secondary N) is 1. The normalized spacial score (nSPS) is 14.4. The van der Waals surface area contributed by atoms with E-state index >= 15 is 0 Å². The fraction of sp³-hybridized carbons (Fsp3) is 0.407. The maximum absolute atomic E-state index is 12.6. The maximum Gasteiger partial charge on any atom is 0.247 e. The Kier molecular flexibility index (Phi) is 8.28. The van der Waals surface area contributed by atoms with Crippen molar-refractivity contribution in [1.82, 2.24) is 4.90 Å². The smallest absolute Gasteiger partial charge is 0.247 e. The molecule has 1 N–H and O–H groups in total. The highest BCUT2D eigenvalue weighted by atomic mass is 16.5. The number of hydrogen-bond donors (Lipinski definition) is 1. The molecule has 2 aromatic rings. The Bertz CT molecular complexity index is 954. The lowest BCUT2D eigenvalue weighted by Crippen LogP contribution is -2.37. The minimum Gasteiger partial charge on any atom is -0.378 e. The van der Waals surface area contributed by atoms with Crippen LogP contribution < -0.4 is 10.2 Å². The highest BCUT2D eigenvalue weighted by Crippen LogP contribution is 2.22. The SMILES string of the molecule is CCN(CC(=O)Nc1ccc(N2CCOCC2)cc1)C(=O)/C=C/c1ccc(C(C)(C)C)cc1.